The molecule has 1 aromatic heterocycles. The van der Waals surface area contributed by atoms with Crippen LogP contribution in [0.1, 0.15) is 19.4 Å². The molecule has 0 saturated carbocycles. The summed E-state index contributed by atoms with van der Waals surface area (Å²) in [7, 11) is 0. The molecule has 1 heterocycles. The van der Waals surface area contributed by atoms with Gasteiger partial charge in [0.15, 0.2) is 5.11 Å². The molecule has 0 saturated heterocycles. The Balaban J connectivity index is 1.86. The molecule has 0 bridgehead atoms. The molecular formula is C18H18FN5OS. The molecule has 0 aliphatic rings. The molecule has 0 radical (unpaired) electrons. The number of fused-ring (bicyclic) bond motifs is 1. The summed E-state index contributed by atoms with van der Waals surface area (Å²) in [6, 6.07) is 9.62. The average molecular weight is 371 g/mol. The molecule has 2 N–H and O–H groups in total. The quantitative estimate of drug-likeness (QED) is 0.691. The van der Waals surface area contributed by atoms with Crippen molar-refractivity contribution < 1.29 is 9.18 Å². The summed E-state index contributed by atoms with van der Waals surface area (Å²) >= 11 is 5.19. The van der Waals surface area contributed by atoms with Gasteiger partial charge in [-0.1, -0.05) is 13.8 Å². The topological polar surface area (TPSA) is 71.8 Å². The Morgan fingerprint density at radius 3 is 2.38 bits per heavy atom. The molecule has 0 aliphatic carbocycles. The average Bonchev–Trinajstić information content (AvgIpc) is 2.98. The van der Waals surface area contributed by atoms with Crippen LogP contribution in [0.25, 0.3) is 16.7 Å². The van der Waals surface area contributed by atoms with Crippen LogP contribution in [0.2, 0.25) is 0 Å². The molecule has 0 spiro atoms. The van der Waals surface area contributed by atoms with E-state index in [4.69, 9.17) is 12.2 Å². The van der Waals surface area contributed by atoms with E-state index in [1.165, 1.54) is 16.9 Å². The van der Waals surface area contributed by atoms with Gasteiger partial charge < -0.3 is 10.6 Å². The number of thiocarbonyl (C=S) groups is 1. The maximum absolute atomic E-state index is 13.1. The van der Waals surface area contributed by atoms with Crippen molar-refractivity contribution in [2.45, 2.75) is 20.8 Å². The van der Waals surface area contributed by atoms with Crippen LogP contribution in [0.5, 0.6) is 0 Å². The lowest BCUT2D eigenvalue weighted by molar-refractivity contribution is -0.122. The van der Waals surface area contributed by atoms with Gasteiger partial charge in [-0.3, -0.25) is 4.79 Å². The Hall–Kier alpha value is -2.87. The first-order chi connectivity index (χ1) is 12.3. The molecular weight excluding hydrogens is 353 g/mol. The van der Waals surface area contributed by atoms with Gasteiger partial charge in [0.05, 0.1) is 5.69 Å². The van der Waals surface area contributed by atoms with Crippen molar-refractivity contribution in [3.63, 3.8) is 0 Å². The highest BCUT2D eigenvalue weighted by atomic mass is 32.1. The van der Waals surface area contributed by atoms with E-state index in [0.29, 0.717) is 16.7 Å². The van der Waals surface area contributed by atoms with Gasteiger partial charge in [-0.25, -0.2) is 4.39 Å². The smallest absolute Gasteiger partial charge is 0.228 e. The number of carbonyl (C=O) groups excluding carboxylic acids is 1. The van der Waals surface area contributed by atoms with Crippen LogP contribution < -0.4 is 10.6 Å². The molecule has 134 valence electrons. The van der Waals surface area contributed by atoms with E-state index in [9.17, 15) is 9.18 Å². The number of benzene rings is 2. The minimum absolute atomic E-state index is 0.150. The van der Waals surface area contributed by atoms with Crippen LogP contribution in [0.4, 0.5) is 10.1 Å². The minimum atomic E-state index is -0.315. The largest absolute Gasteiger partial charge is 0.332 e. The Morgan fingerprint density at radius 1 is 1.15 bits per heavy atom. The van der Waals surface area contributed by atoms with E-state index in [2.05, 4.69) is 20.8 Å². The SMILES string of the molecule is Cc1cc2nn(-c3ccc(F)cc3)nc2cc1NC(=S)NC(=O)C(C)C. The number of carbonyl (C=O) groups is 1. The lowest BCUT2D eigenvalue weighted by Crippen LogP contribution is -2.36. The third-order valence-corrected chi connectivity index (χ3v) is 4.00. The second-order valence-electron chi connectivity index (χ2n) is 6.22. The van der Waals surface area contributed by atoms with E-state index in [0.717, 1.165) is 11.3 Å². The Morgan fingerprint density at radius 2 is 1.77 bits per heavy atom. The number of amides is 1. The monoisotopic (exact) mass is 371 g/mol. The van der Waals surface area contributed by atoms with Crippen molar-refractivity contribution in [1.29, 1.82) is 0 Å². The number of hydrogen-bond acceptors (Lipinski definition) is 4. The van der Waals surface area contributed by atoms with Gasteiger partial charge in [-0.2, -0.15) is 4.80 Å². The normalized spacial score (nSPS) is 11.0. The Kier molecular flexibility index (Phi) is 4.94. The number of nitrogens with one attached hydrogen (secondary N) is 2. The van der Waals surface area contributed by atoms with E-state index < -0.39 is 0 Å². The summed E-state index contributed by atoms with van der Waals surface area (Å²) in [5, 5.41) is 14.7. The fourth-order valence-corrected chi connectivity index (χ4v) is 2.51. The van der Waals surface area contributed by atoms with Crippen molar-refractivity contribution in [3.05, 3.63) is 47.8 Å². The van der Waals surface area contributed by atoms with E-state index >= 15 is 0 Å². The molecule has 1 amide bonds. The van der Waals surface area contributed by atoms with Crippen LogP contribution in [0.15, 0.2) is 36.4 Å². The highest BCUT2D eigenvalue weighted by Crippen LogP contribution is 2.22. The number of hydrogen-bond donors (Lipinski definition) is 2. The van der Waals surface area contributed by atoms with Crippen LogP contribution >= 0.6 is 12.2 Å². The fourth-order valence-electron chi connectivity index (χ4n) is 2.30. The van der Waals surface area contributed by atoms with E-state index in [1.807, 2.05) is 19.1 Å². The molecule has 0 aliphatic heterocycles. The Labute approximate surface area is 155 Å². The van der Waals surface area contributed by atoms with Crippen LogP contribution in [0, 0.1) is 18.7 Å². The van der Waals surface area contributed by atoms with Crippen molar-refractivity contribution in [2.24, 2.45) is 5.92 Å². The molecule has 3 aromatic rings. The first kappa shape index (κ1) is 17.9. The summed E-state index contributed by atoms with van der Waals surface area (Å²) in [5.74, 6) is -0.623. The maximum atomic E-state index is 13.1. The van der Waals surface area contributed by atoms with Crippen molar-refractivity contribution in [1.82, 2.24) is 20.3 Å². The summed E-state index contributed by atoms with van der Waals surface area (Å²) in [6.45, 7) is 5.50. The summed E-state index contributed by atoms with van der Waals surface area (Å²) in [6.07, 6.45) is 0. The van der Waals surface area contributed by atoms with Gasteiger partial charge in [0.2, 0.25) is 5.91 Å². The molecule has 6 nitrogen and oxygen atoms in total. The Bertz CT molecular complexity index is 981. The summed E-state index contributed by atoms with van der Waals surface area (Å²) in [5.41, 5.74) is 3.66. The third kappa shape index (κ3) is 3.85. The number of halogens is 1. The van der Waals surface area contributed by atoms with E-state index in [1.54, 1.807) is 26.0 Å². The first-order valence-corrected chi connectivity index (χ1v) is 8.50. The maximum Gasteiger partial charge on any atom is 0.228 e. The number of nitrogens with zero attached hydrogens (tertiary/aromatic N) is 3. The van der Waals surface area contributed by atoms with Gasteiger partial charge in [-0.05, 0) is 61.1 Å². The third-order valence-electron chi connectivity index (χ3n) is 3.79. The molecule has 8 heteroatoms. The van der Waals surface area contributed by atoms with Gasteiger partial charge >= 0.3 is 0 Å². The number of aromatic nitrogens is 3. The van der Waals surface area contributed by atoms with Gasteiger partial charge in [0.1, 0.15) is 16.9 Å². The lowest BCUT2D eigenvalue weighted by atomic mass is 10.2. The number of anilines is 1. The molecule has 26 heavy (non-hydrogen) atoms. The van der Waals surface area contributed by atoms with Crippen molar-refractivity contribution >= 4 is 40.0 Å². The minimum Gasteiger partial charge on any atom is -0.332 e. The zero-order chi connectivity index (χ0) is 18.8. The lowest BCUT2D eigenvalue weighted by Gasteiger charge is -2.12. The van der Waals surface area contributed by atoms with Gasteiger partial charge in [0, 0.05) is 11.6 Å². The molecule has 0 atom stereocenters. The summed E-state index contributed by atoms with van der Waals surface area (Å²) in [4.78, 5) is 13.2. The van der Waals surface area contributed by atoms with Gasteiger partial charge in [-0.15, -0.1) is 10.2 Å². The second kappa shape index (κ2) is 7.17. The molecule has 3 rings (SSSR count). The van der Waals surface area contributed by atoms with Crippen molar-refractivity contribution in [3.8, 4) is 5.69 Å². The number of aryl methyl sites for hydroxylation is 1. The van der Waals surface area contributed by atoms with Crippen LogP contribution in [-0.4, -0.2) is 26.0 Å². The molecule has 0 fully saturated rings. The van der Waals surface area contributed by atoms with Crippen LogP contribution in [-0.2, 0) is 4.79 Å². The molecule has 0 unspecified atom stereocenters. The predicted octanol–water partition coefficient (Wildman–Crippen LogP) is 3.34. The molecule has 2 aromatic carbocycles. The zero-order valence-electron chi connectivity index (χ0n) is 14.6. The second-order valence-corrected chi connectivity index (χ2v) is 6.63. The number of rotatable bonds is 3. The standard InChI is InChI=1S/C18H18FN5OS/c1-10(2)17(25)21-18(26)20-14-9-16-15(8-11(14)3)22-24(23-16)13-6-4-12(19)5-7-13/h4-10H,1-3H3,(H2,20,21,25,26). The van der Waals surface area contributed by atoms with Crippen molar-refractivity contribution in [2.75, 3.05) is 5.32 Å². The van der Waals surface area contributed by atoms with Crippen LogP contribution in [0.3, 0.4) is 0 Å². The fraction of sp³-hybridized carbons (Fsp3) is 0.222. The predicted molar refractivity (Wildman–Crippen MR) is 103 cm³/mol. The summed E-state index contributed by atoms with van der Waals surface area (Å²) < 4.78 is 13.1. The van der Waals surface area contributed by atoms with E-state index in [-0.39, 0.29) is 22.8 Å². The first-order valence-electron chi connectivity index (χ1n) is 8.09. The highest BCUT2D eigenvalue weighted by molar-refractivity contribution is 7.80. The zero-order valence-corrected chi connectivity index (χ0v) is 15.4. The highest BCUT2D eigenvalue weighted by Gasteiger charge is 2.12. The van der Waals surface area contributed by atoms with Gasteiger partial charge in [0.25, 0.3) is 0 Å².